The molecule has 0 saturated heterocycles. The van der Waals surface area contributed by atoms with Crippen molar-refractivity contribution in [2.75, 3.05) is 0 Å². The van der Waals surface area contributed by atoms with Crippen LogP contribution in [0.15, 0.2) is 30.6 Å². The lowest BCUT2D eigenvalue weighted by molar-refractivity contribution is 0.0695. The van der Waals surface area contributed by atoms with E-state index in [2.05, 4.69) is 10.1 Å². The van der Waals surface area contributed by atoms with Crippen LogP contribution in [0.3, 0.4) is 0 Å². The molecule has 16 heavy (non-hydrogen) atoms. The van der Waals surface area contributed by atoms with E-state index in [4.69, 9.17) is 5.11 Å². The average Bonchev–Trinajstić information content (AvgIpc) is 2.73. The second-order valence-corrected chi connectivity index (χ2v) is 3.26. The summed E-state index contributed by atoms with van der Waals surface area (Å²) < 4.78 is 1.56. The number of nitrogens with zero attached hydrogens (tertiary/aromatic N) is 3. The monoisotopic (exact) mass is 217 g/mol. The minimum absolute atomic E-state index is 0.230. The van der Waals surface area contributed by atoms with Gasteiger partial charge in [-0.1, -0.05) is 13.0 Å². The number of pyridine rings is 1. The van der Waals surface area contributed by atoms with E-state index in [0.717, 1.165) is 0 Å². The fourth-order valence-electron chi connectivity index (χ4n) is 1.57. The van der Waals surface area contributed by atoms with Gasteiger partial charge in [0, 0.05) is 6.20 Å². The van der Waals surface area contributed by atoms with E-state index in [-0.39, 0.29) is 5.56 Å². The summed E-state index contributed by atoms with van der Waals surface area (Å²) in [4.78, 5) is 15.1. The topological polar surface area (TPSA) is 68.0 Å². The Bertz CT molecular complexity index is 505. The van der Waals surface area contributed by atoms with Crippen LogP contribution < -0.4 is 0 Å². The van der Waals surface area contributed by atoms with Gasteiger partial charge in [-0.15, -0.1) is 0 Å². The van der Waals surface area contributed by atoms with Gasteiger partial charge >= 0.3 is 5.97 Å². The number of carboxylic acids is 1. The van der Waals surface area contributed by atoms with Crippen molar-refractivity contribution in [3.05, 3.63) is 41.9 Å². The van der Waals surface area contributed by atoms with Crippen LogP contribution in [0.25, 0.3) is 5.82 Å². The van der Waals surface area contributed by atoms with Gasteiger partial charge in [0.15, 0.2) is 5.82 Å². The molecule has 0 spiro atoms. The Morgan fingerprint density at radius 1 is 1.50 bits per heavy atom. The van der Waals surface area contributed by atoms with Crippen molar-refractivity contribution in [3.63, 3.8) is 0 Å². The third kappa shape index (κ3) is 1.67. The standard InChI is InChI=1S/C11H11N3O2/c1-2-9-8(11(15)16)7-13-14(9)10-5-3-4-6-12-10/h3-7H,2H2,1H3,(H,15,16). The predicted octanol–water partition coefficient (Wildman–Crippen LogP) is 1.53. The lowest BCUT2D eigenvalue weighted by Gasteiger charge is -2.04. The molecule has 2 heterocycles. The third-order valence-electron chi connectivity index (χ3n) is 2.30. The summed E-state index contributed by atoms with van der Waals surface area (Å²) in [5.74, 6) is -0.328. The van der Waals surface area contributed by atoms with Crippen molar-refractivity contribution in [1.29, 1.82) is 0 Å². The second-order valence-electron chi connectivity index (χ2n) is 3.26. The maximum absolute atomic E-state index is 11.0. The molecule has 2 aromatic heterocycles. The number of rotatable bonds is 3. The summed E-state index contributed by atoms with van der Waals surface area (Å²) in [6.45, 7) is 1.89. The number of aromatic nitrogens is 3. The fraction of sp³-hybridized carbons (Fsp3) is 0.182. The molecule has 0 aliphatic rings. The molecule has 0 bridgehead atoms. The molecular weight excluding hydrogens is 206 g/mol. The third-order valence-corrected chi connectivity index (χ3v) is 2.30. The Balaban J connectivity index is 2.54. The Morgan fingerprint density at radius 2 is 2.31 bits per heavy atom. The summed E-state index contributed by atoms with van der Waals surface area (Å²) in [6.07, 6.45) is 3.60. The second kappa shape index (κ2) is 4.14. The Morgan fingerprint density at radius 3 is 2.88 bits per heavy atom. The molecule has 0 atom stereocenters. The average molecular weight is 217 g/mol. The van der Waals surface area contributed by atoms with Gasteiger partial charge < -0.3 is 5.11 Å². The highest BCUT2D eigenvalue weighted by Gasteiger charge is 2.16. The van der Waals surface area contributed by atoms with Crippen molar-refractivity contribution in [3.8, 4) is 5.82 Å². The maximum Gasteiger partial charge on any atom is 0.339 e. The molecule has 5 nitrogen and oxygen atoms in total. The number of hydrogen-bond acceptors (Lipinski definition) is 3. The van der Waals surface area contributed by atoms with E-state index in [0.29, 0.717) is 17.9 Å². The summed E-state index contributed by atoms with van der Waals surface area (Å²) in [6, 6.07) is 5.43. The number of carbonyl (C=O) groups is 1. The molecule has 5 heteroatoms. The van der Waals surface area contributed by atoms with Gasteiger partial charge in [0.2, 0.25) is 0 Å². The molecule has 0 radical (unpaired) electrons. The van der Waals surface area contributed by atoms with E-state index >= 15 is 0 Å². The quantitative estimate of drug-likeness (QED) is 0.846. The van der Waals surface area contributed by atoms with Crippen molar-refractivity contribution in [2.24, 2.45) is 0 Å². The molecule has 0 saturated carbocycles. The van der Waals surface area contributed by atoms with Gasteiger partial charge in [0.25, 0.3) is 0 Å². The van der Waals surface area contributed by atoms with E-state index in [1.165, 1.54) is 6.20 Å². The lowest BCUT2D eigenvalue weighted by Crippen LogP contribution is -2.06. The first-order valence-electron chi connectivity index (χ1n) is 4.95. The van der Waals surface area contributed by atoms with Crippen LogP contribution >= 0.6 is 0 Å². The first-order valence-corrected chi connectivity index (χ1v) is 4.95. The number of hydrogen-bond donors (Lipinski definition) is 1. The molecule has 0 fully saturated rings. The van der Waals surface area contributed by atoms with Crippen LogP contribution in [0.4, 0.5) is 0 Å². The van der Waals surface area contributed by atoms with E-state index in [1.807, 2.05) is 13.0 Å². The van der Waals surface area contributed by atoms with Crippen LogP contribution in [0.5, 0.6) is 0 Å². The van der Waals surface area contributed by atoms with Gasteiger partial charge in [-0.3, -0.25) is 0 Å². The van der Waals surface area contributed by atoms with Crippen LogP contribution in [0.2, 0.25) is 0 Å². The molecule has 2 rings (SSSR count). The molecule has 0 unspecified atom stereocenters. The zero-order valence-electron chi connectivity index (χ0n) is 8.79. The zero-order valence-corrected chi connectivity index (χ0v) is 8.79. The van der Waals surface area contributed by atoms with Crippen LogP contribution in [-0.2, 0) is 6.42 Å². The van der Waals surface area contributed by atoms with Gasteiger partial charge in [0.1, 0.15) is 5.56 Å². The van der Waals surface area contributed by atoms with Crippen molar-refractivity contribution >= 4 is 5.97 Å². The van der Waals surface area contributed by atoms with Crippen molar-refractivity contribution < 1.29 is 9.90 Å². The molecule has 82 valence electrons. The Labute approximate surface area is 92.4 Å². The van der Waals surface area contributed by atoms with E-state index in [1.54, 1.807) is 23.0 Å². The molecule has 0 aliphatic heterocycles. The van der Waals surface area contributed by atoms with E-state index < -0.39 is 5.97 Å². The molecule has 0 amide bonds. The summed E-state index contributed by atoms with van der Waals surface area (Å²) in [5, 5.41) is 13.0. The highest BCUT2D eigenvalue weighted by atomic mass is 16.4. The summed E-state index contributed by atoms with van der Waals surface area (Å²) >= 11 is 0. The molecule has 1 N–H and O–H groups in total. The van der Waals surface area contributed by atoms with Crippen LogP contribution in [-0.4, -0.2) is 25.8 Å². The van der Waals surface area contributed by atoms with E-state index in [9.17, 15) is 4.79 Å². The Hall–Kier alpha value is -2.17. The van der Waals surface area contributed by atoms with Gasteiger partial charge in [-0.2, -0.15) is 5.10 Å². The molecular formula is C11H11N3O2. The number of aromatic carboxylic acids is 1. The predicted molar refractivity (Wildman–Crippen MR) is 57.7 cm³/mol. The van der Waals surface area contributed by atoms with Gasteiger partial charge in [0.05, 0.1) is 11.9 Å². The van der Waals surface area contributed by atoms with Gasteiger partial charge in [-0.25, -0.2) is 14.5 Å². The minimum atomic E-state index is -0.959. The zero-order chi connectivity index (χ0) is 11.5. The van der Waals surface area contributed by atoms with Crippen molar-refractivity contribution in [1.82, 2.24) is 14.8 Å². The highest BCUT2D eigenvalue weighted by Crippen LogP contribution is 2.13. The molecule has 0 aromatic carbocycles. The maximum atomic E-state index is 11.0. The smallest absolute Gasteiger partial charge is 0.339 e. The molecule has 2 aromatic rings. The number of carboxylic acid groups (broad SMARTS) is 1. The van der Waals surface area contributed by atoms with Crippen LogP contribution in [0, 0.1) is 0 Å². The SMILES string of the molecule is CCc1c(C(=O)O)cnn1-c1ccccn1. The molecule has 0 aliphatic carbocycles. The fourth-order valence-corrected chi connectivity index (χ4v) is 1.57. The van der Waals surface area contributed by atoms with Crippen molar-refractivity contribution in [2.45, 2.75) is 13.3 Å². The first-order chi connectivity index (χ1) is 7.74. The summed E-state index contributed by atoms with van der Waals surface area (Å²) in [5.41, 5.74) is 0.888. The normalized spacial score (nSPS) is 10.3. The van der Waals surface area contributed by atoms with Crippen LogP contribution in [0.1, 0.15) is 23.0 Å². The largest absolute Gasteiger partial charge is 0.478 e. The highest BCUT2D eigenvalue weighted by molar-refractivity contribution is 5.88. The first kappa shape index (κ1) is 10.4. The van der Waals surface area contributed by atoms with Gasteiger partial charge in [-0.05, 0) is 18.6 Å². The Kier molecular flexibility index (Phi) is 2.68. The summed E-state index contributed by atoms with van der Waals surface area (Å²) in [7, 11) is 0. The minimum Gasteiger partial charge on any atom is -0.478 e. The lowest BCUT2D eigenvalue weighted by atomic mass is 10.2.